The number of esters is 1. The first kappa shape index (κ1) is 24.8. The lowest BCUT2D eigenvalue weighted by molar-refractivity contribution is -0.110. The maximum Gasteiger partial charge on any atom is 0.338 e. The van der Waals surface area contributed by atoms with E-state index in [1.807, 2.05) is 43.3 Å². The minimum absolute atomic E-state index is 0.206. The van der Waals surface area contributed by atoms with Crippen LogP contribution < -0.4 is 10.6 Å². The number of ether oxygens (including phenoxy) is 1. The highest BCUT2D eigenvalue weighted by Gasteiger charge is 2.29. The van der Waals surface area contributed by atoms with Crippen LogP contribution in [0.1, 0.15) is 59.7 Å². The molecule has 2 heterocycles. The maximum absolute atomic E-state index is 13.2. The molecule has 0 aromatic heterocycles. The summed E-state index contributed by atoms with van der Waals surface area (Å²) in [5.74, 6) is -0.593. The maximum atomic E-state index is 13.2. The van der Waals surface area contributed by atoms with Crippen LogP contribution in [0.25, 0.3) is 11.3 Å². The van der Waals surface area contributed by atoms with Gasteiger partial charge in [0.1, 0.15) is 0 Å². The third kappa shape index (κ3) is 5.75. The van der Waals surface area contributed by atoms with Gasteiger partial charge < -0.3 is 15.4 Å². The van der Waals surface area contributed by atoms with Crippen LogP contribution in [0.2, 0.25) is 0 Å². The number of fused-ring (bicyclic) bond motifs is 1. The first-order valence-corrected chi connectivity index (χ1v) is 13.1. The Labute approximate surface area is 218 Å². The zero-order chi connectivity index (χ0) is 25.6. The van der Waals surface area contributed by atoms with E-state index in [-0.39, 0.29) is 11.9 Å². The van der Waals surface area contributed by atoms with E-state index in [0.717, 1.165) is 48.6 Å². The fourth-order valence-electron chi connectivity index (χ4n) is 4.92. The van der Waals surface area contributed by atoms with Crippen molar-refractivity contribution in [2.75, 3.05) is 30.3 Å². The van der Waals surface area contributed by atoms with E-state index in [0.29, 0.717) is 23.4 Å². The highest BCUT2D eigenvalue weighted by molar-refractivity contribution is 6.37. The number of nitrogens with one attached hydrogen (secondary N) is 2. The molecule has 0 saturated carbocycles. The molecule has 1 fully saturated rings. The topological polar surface area (TPSA) is 70.7 Å². The van der Waals surface area contributed by atoms with Crippen molar-refractivity contribution >= 4 is 34.5 Å². The first-order chi connectivity index (χ1) is 18.1. The predicted octanol–water partition coefficient (Wildman–Crippen LogP) is 6.17. The number of amides is 1. The third-order valence-electron chi connectivity index (χ3n) is 6.83. The first-order valence-electron chi connectivity index (χ1n) is 13.1. The van der Waals surface area contributed by atoms with Crippen LogP contribution in [0.5, 0.6) is 0 Å². The van der Waals surface area contributed by atoms with Gasteiger partial charge in [-0.3, -0.25) is 9.69 Å². The Morgan fingerprint density at radius 2 is 1.70 bits per heavy atom. The average Bonchev–Trinajstić information content (AvgIpc) is 3.27. The smallest absolute Gasteiger partial charge is 0.338 e. The summed E-state index contributed by atoms with van der Waals surface area (Å²) in [5, 5.41) is 6.46. The molecule has 3 aromatic rings. The van der Waals surface area contributed by atoms with Gasteiger partial charge in [0.15, 0.2) is 0 Å². The average molecular weight is 496 g/mol. The summed E-state index contributed by atoms with van der Waals surface area (Å²) in [6.45, 7) is 5.61. The molecule has 5 rings (SSSR count). The van der Waals surface area contributed by atoms with Crippen LogP contribution in [0.15, 0.2) is 72.8 Å². The van der Waals surface area contributed by atoms with E-state index in [2.05, 4.69) is 39.8 Å². The molecule has 0 bridgehead atoms. The Hall–Kier alpha value is -3.90. The van der Waals surface area contributed by atoms with Crippen molar-refractivity contribution in [1.82, 2.24) is 4.90 Å². The van der Waals surface area contributed by atoms with E-state index in [4.69, 9.17) is 4.74 Å². The predicted molar refractivity (Wildman–Crippen MR) is 148 cm³/mol. The normalized spacial score (nSPS) is 16.6. The van der Waals surface area contributed by atoms with Gasteiger partial charge in [-0.15, -0.1) is 0 Å². The van der Waals surface area contributed by atoms with Crippen LogP contribution >= 0.6 is 0 Å². The van der Waals surface area contributed by atoms with E-state index in [1.165, 1.54) is 24.8 Å². The van der Waals surface area contributed by atoms with Crippen molar-refractivity contribution in [3.8, 4) is 0 Å². The van der Waals surface area contributed by atoms with Crippen molar-refractivity contribution in [2.24, 2.45) is 0 Å². The lowest BCUT2D eigenvalue weighted by atomic mass is 9.99. The van der Waals surface area contributed by atoms with E-state index >= 15 is 0 Å². The Kier molecular flexibility index (Phi) is 7.66. The number of nitrogens with zero attached hydrogens (tertiary/aromatic N) is 1. The molecule has 0 atom stereocenters. The standard InChI is InChI=1S/C31H33N3O3/c1-2-19-37-31(36)24-13-16-26-27(20-24)33-30(35)28(26)29(23-9-5-3-6-10-23)32-25-14-11-22(12-15-25)21-34-17-7-4-8-18-34/h3,5-6,9-16,20,32H,2,4,7-8,17-19,21H2,1H3,(H,33,35)/b29-28-. The summed E-state index contributed by atoms with van der Waals surface area (Å²) in [5.41, 5.74) is 6.16. The zero-order valence-electron chi connectivity index (χ0n) is 21.3. The van der Waals surface area contributed by atoms with Crippen molar-refractivity contribution < 1.29 is 14.3 Å². The summed E-state index contributed by atoms with van der Waals surface area (Å²) in [7, 11) is 0. The molecule has 0 unspecified atom stereocenters. The van der Waals surface area contributed by atoms with Gasteiger partial charge in [-0.05, 0) is 67.7 Å². The molecule has 1 saturated heterocycles. The number of hydrogen-bond acceptors (Lipinski definition) is 5. The van der Waals surface area contributed by atoms with Gasteiger partial charge in [-0.1, -0.05) is 61.9 Å². The lowest BCUT2D eigenvalue weighted by Gasteiger charge is -2.26. The largest absolute Gasteiger partial charge is 0.462 e. The second-order valence-corrected chi connectivity index (χ2v) is 9.63. The highest BCUT2D eigenvalue weighted by atomic mass is 16.5. The molecule has 2 aliphatic rings. The van der Waals surface area contributed by atoms with Gasteiger partial charge in [0.25, 0.3) is 5.91 Å². The van der Waals surface area contributed by atoms with Crippen LogP contribution in [0.4, 0.5) is 11.4 Å². The quantitative estimate of drug-likeness (QED) is 0.289. The van der Waals surface area contributed by atoms with Gasteiger partial charge in [-0.2, -0.15) is 0 Å². The zero-order valence-corrected chi connectivity index (χ0v) is 21.3. The number of rotatable bonds is 8. The number of likely N-dealkylation sites (tertiary alicyclic amines) is 1. The molecule has 190 valence electrons. The van der Waals surface area contributed by atoms with E-state index in [1.54, 1.807) is 12.1 Å². The van der Waals surface area contributed by atoms with Crippen LogP contribution in [-0.4, -0.2) is 36.5 Å². The number of anilines is 2. The van der Waals surface area contributed by atoms with E-state index in [9.17, 15) is 9.59 Å². The van der Waals surface area contributed by atoms with Crippen molar-refractivity contribution in [3.63, 3.8) is 0 Å². The van der Waals surface area contributed by atoms with Crippen LogP contribution in [0, 0.1) is 0 Å². The van der Waals surface area contributed by atoms with Gasteiger partial charge in [-0.25, -0.2) is 4.79 Å². The molecule has 0 radical (unpaired) electrons. The monoisotopic (exact) mass is 495 g/mol. The number of carbonyl (C=O) groups excluding carboxylic acids is 2. The SMILES string of the molecule is CCCOC(=O)c1ccc2c(c1)NC(=O)/C2=C(\Nc1ccc(CN2CCCCC2)cc1)c1ccccc1. The fraction of sp³-hybridized carbons (Fsp3) is 0.290. The van der Waals surface area contributed by atoms with E-state index < -0.39 is 0 Å². The highest BCUT2D eigenvalue weighted by Crippen LogP contribution is 2.38. The van der Waals surface area contributed by atoms with Crippen molar-refractivity contribution in [3.05, 3.63) is 95.1 Å². The molecule has 37 heavy (non-hydrogen) atoms. The summed E-state index contributed by atoms with van der Waals surface area (Å²) >= 11 is 0. The van der Waals surface area contributed by atoms with Crippen LogP contribution in [-0.2, 0) is 16.1 Å². The molecular formula is C31H33N3O3. The molecule has 6 nitrogen and oxygen atoms in total. The Morgan fingerprint density at radius 3 is 2.43 bits per heavy atom. The second-order valence-electron chi connectivity index (χ2n) is 9.63. The minimum Gasteiger partial charge on any atom is -0.462 e. The molecule has 1 amide bonds. The summed E-state index contributed by atoms with van der Waals surface area (Å²) in [6.07, 6.45) is 4.64. The third-order valence-corrected chi connectivity index (χ3v) is 6.83. The van der Waals surface area contributed by atoms with Gasteiger partial charge >= 0.3 is 5.97 Å². The summed E-state index contributed by atoms with van der Waals surface area (Å²) in [6, 6.07) is 23.5. The number of hydrogen-bond donors (Lipinski definition) is 2. The second kappa shape index (κ2) is 11.4. The van der Waals surface area contributed by atoms with Gasteiger partial charge in [0.05, 0.1) is 29.1 Å². The number of benzene rings is 3. The molecule has 0 spiro atoms. The number of carbonyl (C=O) groups is 2. The lowest BCUT2D eigenvalue weighted by Crippen LogP contribution is -2.29. The molecule has 2 N–H and O–H groups in total. The number of piperidine rings is 1. The Balaban J connectivity index is 1.45. The summed E-state index contributed by atoms with van der Waals surface area (Å²) in [4.78, 5) is 28.1. The molecule has 2 aliphatic heterocycles. The molecule has 6 heteroatoms. The molecule has 3 aromatic carbocycles. The van der Waals surface area contributed by atoms with Crippen molar-refractivity contribution in [1.29, 1.82) is 0 Å². The Bertz CT molecular complexity index is 1290. The van der Waals surface area contributed by atoms with Gasteiger partial charge in [0.2, 0.25) is 0 Å². The van der Waals surface area contributed by atoms with Gasteiger partial charge in [0, 0.05) is 17.8 Å². The Morgan fingerprint density at radius 1 is 0.946 bits per heavy atom. The van der Waals surface area contributed by atoms with Crippen molar-refractivity contribution in [2.45, 2.75) is 39.2 Å². The fourth-order valence-corrected chi connectivity index (χ4v) is 4.92. The molecular weight excluding hydrogens is 462 g/mol. The summed E-state index contributed by atoms with van der Waals surface area (Å²) < 4.78 is 5.26. The minimum atomic E-state index is -0.387. The molecule has 0 aliphatic carbocycles. The van der Waals surface area contributed by atoms with Crippen LogP contribution in [0.3, 0.4) is 0 Å².